The van der Waals surface area contributed by atoms with Crippen molar-refractivity contribution in [1.29, 1.82) is 10.5 Å². The smallest absolute Gasteiger partial charge is 0.126 e. The summed E-state index contributed by atoms with van der Waals surface area (Å²) in [6.45, 7) is 3.83. The van der Waals surface area contributed by atoms with Crippen molar-refractivity contribution in [2.24, 2.45) is 11.8 Å². The van der Waals surface area contributed by atoms with Crippen LogP contribution in [0.25, 0.3) is 0 Å². The Hall–Kier alpha value is -2.89. The van der Waals surface area contributed by atoms with Crippen molar-refractivity contribution in [2.75, 3.05) is 31.1 Å². The molecule has 158 valence electrons. The second-order valence-electron chi connectivity index (χ2n) is 9.31. The van der Waals surface area contributed by atoms with Crippen LogP contribution in [0.5, 0.6) is 0 Å². The third kappa shape index (κ3) is 3.80. The molecule has 1 saturated heterocycles. The third-order valence-electron chi connectivity index (χ3n) is 7.75. The highest BCUT2D eigenvalue weighted by molar-refractivity contribution is 5.62. The Bertz CT molecular complexity index is 1030. The molecule has 2 aromatic carbocycles. The van der Waals surface area contributed by atoms with Crippen molar-refractivity contribution < 1.29 is 4.39 Å². The van der Waals surface area contributed by atoms with Crippen LogP contribution in [0.2, 0.25) is 0 Å². The van der Waals surface area contributed by atoms with Crippen LogP contribution in [-0.4, -0.2) is 37.1 Å². The van der Waals surface area contributed by atoms with Gasteiger partial charge in [-0.05, 0) is 73.3 Å². The summed E-state index contributed by atoms with van der Waals surface area (Å²) in [6.07, 6.45) is 4.71. The lowest BCUT2D eigenvalue weighted by atomic mass is 9.93. The zero-order valence-corrected chi connectivity index (χ0v) is 17.7. The van der Waals surface area contributed by atoms with Gasteiger partial charge in [-0.3, -0.25) is 4.90 Å². The molecule has 2 aliphatic carbocycles. The van der Waals surface area contributed by atoms with E-state index in [4.69, 9.17) is 5.26 Å². The van der Waals surface area contributed by atoms with Crippen LogP contribution in [0.1, 0.15) is 48.3 Å². The van der Waals surface area contributed by atoms with E-state index in [9.17, 15) is 9.65 Å². The van der Waals surface area contributed by atoms with E-state index in [1.54, 1.807) is 24.3 Å². The fraction of sp³-hybridized carbons (Fsp3) is 0.462. The molecule has 4 nitrogen and oxygen atoms in total. The molecule has 0 radical (unpaired) electrons. The summed E-state index contributed by atoms with van der Waals surface area (Å²) < 4.78 is 14.2. The molecule has 0 aromatic heterocycles. The summed E-state index contributed by atoms with van der Waals surface area (Å²) in [6, 6.07) is 17.7. The van der Waals surface area contributed by atoms with Crippen molar-refractivity contribution in [3.63, 3.8) is 0 Å². The second-order valence-corrected chi connectivity index (χ2v) is 9.31. The average molecular weight is 415 g/mol. The van der Waals surface area contributed by atoms with E-state index in [-0.39, 0.29) is 5.82 Å². The summed E-state index contributed by atoms with van der Waals surface area (Å²) in [5, 5.41) is 18.6. The molecule has 1 heterocycles. The van der Waals surface area contributed by atoms with Crippen LogP contribution in [0, 0.1) is 40.3 Å². The molecule has 2 saturated carbocycles. The lowest BCUT2D eigenvalue weighted by Crippen LogP contribution is -2.50. The molecule has 2 aromatic rings. The highest BCUT2D eigenvalue weighted by Gasteiger charge is 2.44. The molecule has 0 spiro atoms. The number of fused-ring (bicyclic) bond motifs is 1. The van der Waals surface area contributed by atoms with Crippen molar-refractivity contribution in [3.05, 3.63) is 65.0 Å². The topological polar surface area (TPSA) is 54.1 Å². The zero-order valence-electron chi connectivity index (χ0n) is 17.7. The fourth-order valence-corrected chi connectivity index (χ4v) is 6.24. The van der Waals surface area contributed by atoms with Crippen LogP contribution in [0.4, 0.5) is 10.1 Å². The molecule has 2 atom stereocenters. The van der Waals surface area contributed by atoms with E-state index < -0.39 is 0 Å². The maximum atomic E-state index is 14.2. The molecule has 0 bridgehead atoms. The van der Waals surface area contributed by atoms with Gasteiger partial charge in [0.25, 0.3) is 0 Å². The van der Waals surface area contributed by atoms with Gasteiger partial charge in [-0.2, -0.15) is 10.5 Å². The summed E-state index contributed by atoms with van der Waals surface area (Å²) in [4.78, 5) is 4.91. The Kier molecular flexibility index (Phi) is 5.38. The number of halogens is 1. The van der Waals surface area contributed by atoms with Gasteiger partial charge in [0.2, 0.25) is 0 Å². The highest BCUT2D eigenvalue weighted by Crippen LogP contribution is 2.52. The standard InChI is InChI=1S/C26H27FN4/c27-25-4-2-1-3-24(25)21-12-19-14-23(15-20(19)13-21)30-7-9-31(10-8-30)26-6-5-18(16-28)11-22(26)17-29/h1-6,11,19-21,23H,7-10,12-15H2. The predicted molar refractivity (Wildman–Crippen MR) is 118 cm³/mol. The maximum Gasteiger partial charge on any atom is 0.126 e. The van der Waals surface area contributed by atoms with E-state index in [1.165, 1.54) is 12.8 Å². The monoisotopic (exact) mass is 414 g/mol. The first kappa shape index (κ1) is 20.0. The Morgan fingerprint density at radius 3 is 2.19 bits per heavy atom. The molecule has 2 unspecified atom stereocenters. The largest absolute Gasteiger partial charge is 0.368 e. The number of hydrogen-bond donors (Lipinski definition) is 0. The van der Waals surface area contributed by atoms with E-state index in [0.717, 1.165) is 62.1 Å². The first-order chi connectivity index (χ1) is 15.2. The minimum atomic E-state index is -0.0420. The van der Waals surface area contributed by atoms with Gasteiger partial charge in [0.15, 0.2) is 0 Å². The summed E-state index contributed by atoms with van der Waals surface area (Å²) in [5.41, 5.74) is 2.97. The number of piperazine rings is 1. The van der Waals surface area contributed by atoms with Crippen molar-refractivity contribution in [3.8, 4) is 12.1 Å². The molecular formula is C26H27FN4. The SMILES string of the molecule is N#Cc1ccc(N2CCN(C3CC4CC(c5ccccc5F)CC4C3)CC2)c(C#N)c1. The molecule has 31 heavy (non-hydrogen) atoms. The average Bonchev–Trinajstić information content (AvgIpc) is 3.38. The Morgan fingerprint density at radius 2 is 1.55 bits per heavy atom. The second kappa shape index (κ2) is 8.33. The molecule has 1 aliphatic heterocycles. The van der Waals surface area contributed by atoms with Crippen LogP contribution in [0.15, 0.2) is 42.5 Å². The van der Waals surface area contributed by atoms with E-state index >= 15 is 0 Å². The predicted octanol–water partition coefficient (Wildman–Crippen LogP) is 4.66. The number of benzene rings is 2. The minimum absolute atomic E-state index is 0.0420. The Labute approximate surface area is 183 Å². The summed E-state index contributed by atoms with van der Waals surface area (Å²) in [7, 11) is 0. The Balaban J connectivity index is 1.18. The minimum Gasteiger partial charge on any atom is -0.368 e. The summed E-state index contributed by atoms with van der Waals surface area (Å²) in [5.74, 6) is 1.78. The molecule has 5 rings (SSSR count). The number of nitrogens with zero attached hydrogens (tertiary/aromatic N) is 4. The molecule has 3 fully saturated rings. The number of rotatable bonds is 3. The first-order valence-corrected chi connectivity index (χ1v) is 11.3. The number of hydrogen-bond acceptors (Lipinski definition) is 4. The van der Waals surface area contributed by atoms with Gasteiger partial charge in [-0.25, -0.2) is 4.39 Å². The summed E-state index contributed by atoms with van der Waals surface area (Å²) >= 11 is 0. The van der Waals surface area contributed by atoms with Crippen molar-refractivity contribution in [1.82, 2.24) is 4.90 Å². The Morgan fingerprint density at radius 1 is 0.839 bits per heavy atom. The highest BCUT2D eigenvalue weighted by atomic mass is 19.1. The fourth-order valence-electron chi connectivity index (χ4n) is 6.24. The van der Waals surface area contributed by atoms with E-state index in [0.29, 0.717) is 23.1 Å². The van der Waals surface area contributed by atoms with Gasteiger partial charge in [-0.1, -0.05) is 18.2 Å². The third-order valence-corrected chi connectivity index (χ3v) is 7.75. The molecule has 5 heteroatoms. The van der Waals surface area contributed by atoms with Crippen molar-refractivity contribution >= 4 is 5.69 Å². The van der Waals surface area contributed by atoms with Gasteiger partial charge < -0.3 is 4.90 Å². The van der Waals surface area contributed by atoms with Crippen LogP contribution in [-0.2, 0) is 0 Å². The zero-order chi connectivity index (χ0) is 21.4. The molecule has 0 N–H and O–H groups in total. The lowest BCUT2D eigenvalue weighted by Gasteiger charge is -2.39. The van der Waals surface area contributed by atoms with Crippen LogP contribution < -0.4 is 4.90 Å². The van der Waals surface area contributed by atoms with Gasteiger partial charge in [0, 0.05) is 32.2 Å². The molecule has 0 amide bonds. The van der Waals surface area contributed by atoms with E-state index in [1.807, 2.05) is 18.2 Å². The normalized spacial score (nSPS) is 28.2. The van der Waals surface area contributed by atoms with Crippen molar-refractivity contribution in [2.45, 2.75) is 37.6 Å². The van der Waals surface area contributed by atoms with Gasteiger partial charge in [-0.15, -0.1) is 0 Å². The number of anilines is 1. The van der Waals surface area contributed by atoms with Gasteiger partial charge >= 0.3 is 0 Å². The molecular weight excluding hydrogens is 387 g/mol. The van der Waals surface area contributed by atoms with Crippen LogP contribution in [0.3, 0.4) is 0 Å². The maximum absolute atomic E-state index is 14.2. The van der Waals surface area contributed by atoms with E-state index in [2.05, 4.69) is 21.9 Å². The van der Waals surface area contributed by atoms with Gasteiger partial charge in [0.05, 0.1) is 22.9 Å². The molecule has 3 aliphatic rings. The number of nitriles is 2. The lowest BCUT2D eigenvalue weighted by molar-refractivity contribution is 0.179. The van der Waals surface area contributed by atoms with Gasteiger partial charge in [0.1, 0.15) is 11.9 Å². The first-order valence-electron chi connectivity index (χ1n) is 11.3. The van der Waals surface area contributed by atoms with Crippen LogP contribution >= 0.6 is 0 Å². The quantitative estimate of drug-likeness (QED) is 0.733.